The molecule has 0 spiro atoms. The Morgan fingerprint density at radius 2 is 1.70 bits per heavy atom. The highest BCUT2D eigenvalue weighted by Gasteiger charge is 2.07. The van der Waals surface area contributed by atoms with Crippen molar-refractivity contribution < 1.29 is 4.74 Å². The average Bonchev–Trinajstić information content (AvgIpc) is 2.42. The van der Waals surface area contributed by atoms with Gasteiger partial charge in [0.1, 0.15) is 5.75 Å². The molecule has 5 heteroatoms. The molecule has 106 valence electrons. The SMILES string of the molecule is CCCOc1ccc(Nc2c(Cl)cc(N)cc2Cl)cc1. The van der Waals surface area contributed by atoms with Gasteiger partial charge in [-0.2, -0.15) is 0 Å². The molecule has 0 amide bonds. The minimum Gasteiger partial charge on any atom is -0.494 e. The van der Waals surface area contributed by atoms with Crippen molar-refractivity contribution >= 4 is 40.3 Å². The highest BCUT2D eigenvalue weighted by Crippen LogP contribution is 2.35. The summed E-state index contributed by atoms with van der Waals surface area (Å²) in [7, 11) is 0. The van der Waals surface area contributed by atoms with Crippen LogP contribution in [-0.4, -0.2) is 6.61 Å². The first-order valence-electron chi connectivity index (χ1n) is 6.34. The lowest BCUT2D eigenvalue weighted by Gasteiger charge is -2.12. The molecule has 20 heavy (non-hydrogen) atoms. The normalized spacial score (nSPS) is 10.3. The number of anilines is 3. The number of halogens is 2. The van der Waals surface area contributed by atoms with Crippen LogP contribution in [0.4, 0.5) is 17.1 Å². The Hall–Kier alpha value is -1.58. The lowest BCUT2D eigenvalue weighted by Crippen LogP contribution is -1.96. The van der Waals surface area contributed by atoms with Crippen molar-refractivity contribution in [1.82, 2.24) is 0 Å². The molecule has 0 aliphatic rings. The number of hydrogen-bond acceptors (Lipinski definition) is 3. The lowest BCUT2D eigenvalue weighted by molar-refractivity contribution is 0.317. The van der Waals surface area contributed by atoms with E-state index in [4.69, 9.17) is 33.7 Å². The predicted molar refractivity (Wildman–Crippen MR) is 86.4 cm³/mol. The van der Waals surface area contributed by atoms with Gasteiger partial charge >= 0.3 is 0 Å². The van der Waals surface area contributed by atoms with Crippen LogP contribution in [0.3, 0.4) is 0 Å². The molecule has 0 atom stereocenters. The maximum atomic E-state index is 6.13. The van der Waals surface area contributed by atoms with E-state index in [1.54, 1.807) is 12.1 Å². The van der Waals surface area contributed by atoms with Crippen LogP contribution in [0.1, 0.15) is 13.3 Å². The monoisotopic (exact) mass is 310 g/mol. The summed E-state index contributed by atoms with van der Waals surface area (Å²) in [5, 5.41) is 4.15. The molecule has 2 rings (SSSR count). The number of ether oxygens (including phenoxy) is 1. The van der Waals surface area contributed by atoms with Crippen molar-refractivity contribution in [2.75, 3.05) is 17.7 Å². The summed E-state index contributed by atoms with van der Waals surface area (Å²) in [5.41, 5.74) is 7.73. The van der Waals surface area contributed by atoms with E-state index in [0.717, 1.165) is 17.9 Å². The van der Waals surface area contributed by atoms with Gasteiger partial charge in [-0.15, -0.1) is 0 Å². The minimum absolute atomic E-state index is 0.487. The van der Waals surface area contributed by atoms with E-state index in [1.165, 1.54) is 0 Å². The molecule has 2 aromatic carbocycles. The Kier molecular flexibility index (Phi) is 4.99. The second-order valence-corrected chi connectivity index (χ2v) is 5.17. The van der Waals surface area contributed by atoms with Crippen molar-refractivity contribution in [2.45, 2.75) is 13.3 Å². The van der Waals surface area contributed by atoms with Crippen LogP contribution < -0.4 is 15.8 Å². The fourth-order valence-corrected chi connectivity index (χ4v) is 2.31. The van der Waals surface area contributed by atoms with Crippen LogP contribution >= 0.6 is 23.2 Å². The van der Waals surface area contributed by atoms with Gasteiger partial charge in [0.2, 0.25) is 0 Å². The van der Waals surface area contributed by atoms with Gasteiger partial charge in [0, 0.05) is 11.4 Å². The van der Waals surface area contributed by atoms with E-state index in [2.05, 4.69) is 12.2 Å². The Bertz CT molecular complexity index is 562. The number of nitrogens with two attached hydrogens (primary N) is 1. The third-order valence-electron chi connectivity index (χ3n) is 2.66. The number of nitrogen functional groups attached to an aromatic ring is 1. The average molecular weight is 311 g/mol. The summed E-state index contributed by atoms with van der Waals surface area (Å²) in [4.78, 5) is 0. The van der Waals surface area contributed by atoms with E-state index in [1.807, 2.05) is 24.3 Å². The smallest absolute Gasteiger partial charge is 0.119 e. The van der Waals surface area contributed by atoms with Gasteiger partial charge in [0.15, 0.2) is 0 Å². The maximum absolute atomic E-state index is 6.13. The molecule has 3 N–H and O–H groups in total. The second kappa shape index (κ2) is 6.73. The van der Waals surface area contributed by atoms with Gasteiger partial charge in [-0.1, -0.05) is 30.1 Å². The molecule has 2 aromatic rings. The fraction of sp³-hybridized carbons (Fsp3) is 0.200. The third kappa shape index (κ3) is 3.71. The molecule has 3 nitrogen and oxygen atoms in total. The molecule has 0 saturated heterocycles. The molecule has 0 aliphatic carbocycles. The largest absolute Gasteiger partial charge is 0.494 e. The van der Waals surface area contributed by atoms with Gasteiger partial charge < -0.3 is 15.8 Å². The summed E-state index contributed by atoms with van der Waals surface area (Å²) in [6.07, 6.45) is 0.983. The lowest BCUT2D eigenvalue weighted by atomic mass is 10.2. The van der Waals surface area contributed by atoms with Gasteiger partial charge in [0.25, 0.3) is 0 Å². The first-order valence-corrected chi connectivity index (χ1v) is 7.10. The van der Waals surface area contributed by atoms with E-state index < -0.39 is 0 Å². The second-order valence-electron chi connectivity index (χ2n) is 4.36. The maximum Gasteiger partial charge on any atom is 0.119 e. The van der Waals surface area contributed by atoms with E-state index in [9.17, 15) is 0 Å². The van der Waals surface area contributed by atoms with E-state index >= 15 is 0 Å². The van der Waals surface area contributed by atoms with Crippen LogP contribution in [0.25, 0.3) is 0 Å². The summed E-state index contributed by atoms with van der Waals surface area (Å²) < 4.78 is 5.53. The topological polar surface area (TPSA) is 47.3 Å². The Morgan fingerprint density at radius 3 is 2.25 bits per heavy atom. The first-order chi connectivity index (χ1) is 9.60. The number of rotatable bonds is 5. The molecular formula is C15H16Cl2N2O. The zero-order valence-electron chi connectivity index (χ0n) is 11.1. The fourth-order valence-electron chi connectivity index (χ4n) is 1.71. The highest BCUT2D eigenvalue weighted by atomic mass is 35.5. The zero-order valence-corrected chi connectivity index (χ0v) is 12.6. The molecular weight excluding hydrogens is 295 g/mol. The van der Waals surface area contributed by atoms with Crippen LogP contribution in [0.15, 0.2) is 36.4 Å². The van der Waals surface area contributed by atoms with E-state index in [0.29, 0.717) is 28.0 Å². The van der Waals surface area contributed by atoms with Crippen LogP contribution in [-0.2, 0) is 0 Å². The molecule has 0 radical (unpaired) electrons. The van der Waals surface area contributed by atoms with Crippen molar-refractivity contribution in [3.05, 3.63) is 46.4 Å². The first kappa shape index (κ1) is 14.8. The van der Waals surface area contributed by atoms with Gasteiger partial charge in [0.05, 0.1) is 22.3 Å². The Labute approximate surface area is 128 Å². The third-order valence-corrected chi connectivity index (χ3v) is 3.26. The summed E-state index contributed by atoms with van der Waals surface area (Å²) >= 11 is 12.3. The Balaban J connectivity index is 2.14. The van der Waals surface area contributed by atoms with Crippen LogP contribution in [0.2, 0.25) is 10.0 Å². The van der Waals surface area contributed by atoms with Crippen molar-refractivity contribution in [3.63, 3.8) is 0 Å². The molecule has 0 heterocycles. The summed E-state index contributed by atoms with van der Waals surface area (Å²) in [5.74, 6) is 0.840. The van der Waals surface area contributed by atoms with Crippen LogP contribution in [0.5, 0.6) is 5.75 Å². The molecule has 0 bridgehead atoms. The zero-order chi connectivity index (χ0) is 14.5. The van der Waals surface area contributed by atoms with Crippen molar-refractivity contribution in [2.24, 2.45) is 0 Å². The van der Waals surface area contributed by atoms with Gasteiger partial charge in [-0.05, 0) is 42.8 Å². The highest BCUT2D eigenvalue weighted by molar-refractivity contribution is 6.39. The van der Waals surface area contributed by atoms with Gasteiger partial charge in [-0.3, -0.25) is 0 Å². The van der Waals surface area contributed by atoms with Gasteiger partial charge in [-0.25, -0.2) is 0 Å². The number of nitrogens with one attached hydrogen (secondary N) is 1. The standard InChI is InChI=1S/C15H16Cl2N2O/c1-2-7-20-12-5-3-11(4-6-12)19-15-13(16)8-10(18)9-14(15)17/h3-6,8-9,19H,2,7,18H2,1H3. The summed E-state index contributed by atoms with van der Waals surface area (Å²) in [6, 6.07) is 10.9. The molecule has 0 aliphatic heterocycles. The molecule has 0 saturated carbocycles. The molecule has 0 aromatic heterocycles. The Morgan fingerprint density at radius 1 is 1.10 bits per heavy atom. The number of hydrogen-bond donors (Lipinski definition) is 2. The number of benzene rings is 2. The summed E-state index contributed by atoms with van der Waals surface area (Å²) in [6.45, 7) is 2.78. The van der Waals surface area contributed by atoms with Crippen molar-refractivity contribution in [3.8, 4) is 5.75 Å². The van der Waals surface area contributed by atoms with E-state index in [-0.39, 0.29) is 0 Å². The van der Waals surface area contributed by atoms with Crippen LogP contribution in [0, 0.1) is 0 Å². The molecule has 0 fully saturated rings. The minimum atomic E-state index is 0.487. The molecule has 0 unspecified atom stereocenters. The predicted octanol–water partition coefficient (Wildman–Crippen LogP) is 5.11. The van der Waals surface area contributed by atoms with Crippen molar-refractivity contribution in [1.29, 1.82) is 0 Å². The quantitative estimate of drug-likeness (QED) is 0.754.